The van der Waals surface area contributed by atoms with Gasteiger partial charge in [0.15, 0.2) is 0 Å². The lowest BCUT2D eigenvalue weighted by atomic mass is 10.1. The summed E-state index contributed by atoms with van der Waals surface area (Å²) in [5.74, 6) is 2.98. The highest BCUT2D eigenvalue weighted by atomic mass is 15.2. The van der Waals surface area contributed by atoms with E-state index >= 15 is 0 Å². The average molecular weight is 247 g/mol. The number of aromatic nitrogens is 2. The Morgan fingerprint density at radius 1 is 1.44 bits per heavy atom. The van der Waals surface area contributed by atoms with E-state index in [0.29, 0.717) is 18.3 Å². The van der Waals surface area contributed by atoms with Gasteiger partial charge in [0.25, 0.3) is 0 Å². The fourth-order valence-corrected chi connectivity index (χ4v) is 1.51. The second kappa shape index (κ2) is 6.80. The van der Waals surface area contributed by atoms with Crippen molar-refractivity contribution in [3.8, 4) is 6.07 Å². The first-order valence-electron chi connectivity index (χ1n) is 6.20. The predicted octanol–water partition coefficient (Wildman–Crippen LogP) is 2.20. The number of nitriles is 1. The smallest absolute Gasteiger partial charge is 0.134 e. The molecule has 98 valence electrons. The summed E-state index contributed by atoms with van der Waals surface area (Å²) in [7, 11) is 1.85. The van der Waals surface area contributed by atoms with E-state index in [4.69, 9.17) is 5.26 Å². The third kappa shape index (κ3) is 4.58. The molecule has 18 heavy (non-hydrogen) atoms. The van der Waals surface area contributed by atoms with E-state index in [1.807, 2.05) is 24.9 Å². The molecule has 0 radical (unpaired) electrons. The summed E-state index contributed by atoms with van der Waals surface area (Å²) in [6.07, 6.45) is 1.10. The molecule has 1 N–H and O–H groups in total. The van der Waals surface area contributed by atoms with Gasteiger partial charge in [-0.15, -0.1) is 0 Å². The molecule has 0 atom stereocenters. The van der Waals surface area contributed by atoms with Crippen LogP contribution in [0.4, 0.5) is 11.6 Å². The molecule has 1 heterocycles. The maximum atomic E-state index is 8.69. The Bertz CT molecular complexity index is 422. The Morgan fingerprint density at radius 3 is 2.78 bits per heavy atom. The molecule has 0 aliphatic rings. The molecule has 0 aliphatic heterocycles. The van der Waals surface area contributed by atoms with Crippen LogP contribution in [0.25, 0.3) is 0 Å². The molecule has 0 amide bonds. The summed E-state index contributed by atoms with van der Waals surface area (Å²) in [4.78, 5) is 10.5. The van der Waals surface area contributed by atoms with E-state index in [9.17, 15) is 0 Å². The average Bonchev–Trinajstić information content (AvgIpc) is 2.28. The van der Waals surface area contributed by atoms with Crippen molar-refractivity contribution in [2.75, 3.05) is 30.4 Å². The van der Waals surface area contributed by atoms with Crippen LogP contribution < -0.4 is 10.2 Å². The Hall–Kier alpha value is -1.83. The van der Waals surface area contributed by atoms with Gasteiger partial charge in [0.1, 0.15) is 24.0 Å². The summed E-state index contributed by atoms with van der Waals surface area (Å²) < 4.78 is 0. The second-order valence-corrected chi connectivity index (χ2v) is 4.78. The molecule has 1 aromatic rings. The maximum absolute atomic E-state index is 8.69. The van der Waals surface area contributed by atoms with Gasteiger partial charge >= 0.3 is 0 Å². The van der Waals surface area contributed by atoms with Crippen molar-refractivity contribution in [2.45, 2.75) is 27.2 Å². The van der Waals surface area contributed by atoms with Crippen LogP contribution in [0.2, 0.25) is 0 Å². The molecule has 0 spiro atoms. The molecule has 0 unspecified atom stereocenters. The zero-order valence-corrected chi connectivity index (χ0v) is 11.6. The van der Waals surface area contributed by atoms with Crippen molar-refractivity contribution in [3.05, 3.63) is 11.9 Å². The van der Waals surface area contributed by atoms with Crippen molar-refractivity contribution in [2.24, 2.45) is 5.92 Å². The summed E-state index contributed by atoms with van der Waals surface area (Å²) in [5, 5.41) is 12.0. The zero-order chi connectivity index (χ0) is 13.5. The lowest BCUT2D eigenvalue weighted by Gasteiger charge is -2.16. The van der Waals surface area contributed by atoms with Crippen LogP contribution in [0, 0.1) is 24.2 Å². The number of aryl methyl sites for hydroxylation is 1. The highest BCUT2D eigenvalue weighted by molar-refractivity contribution is 5.49. The number of nitrogens with zero attached hydrogens (tertiary/aromatic N) is 4. The predicted molar refractivity (Wildman–Crippen MR) is 73.6 cm³/mol. The van der Waals surface area contributed by atoms with Gasteiger partial charge in [-0.05, 0) is 19.3 Å². The van der Waals surface area contributed by atoms with Gasteiger partial charge in [0.2, 0.25) is 0 Å². The van der Waals surface area contributed by atoms with Crippen LogP contribution in [-0.2, 0) is 0 Å². The van der Waals surface area contributed by atoms with E-state index in [2.05, 4.69) is 35.2 Å². The number of hydrogen-bond donors (Lipinski definition) is 1. The first kappa shape index (κ1) is 14.2. The SMILES string of the molecule is Cc1nc(NCCC(C)C)cc(N(C)CC#N)n1. The van der Waals surface area contributed by atoms with Gasteiger partial charge in [-0.1, -0.05) is 13.8 Å². The topological polar surface area (TPSA) is 64.8 Å². The van der Waals surface area contributed by atoms with Gasteiger partial charge in [0, 0.05) is 19.7 Å². The monoisotopic (exact) mass is 247 g/mol. The van der Waals surface area contributed by atoms with E-state index in [1.165, 1.54) is 0 Å². The van der Waals surface area contributed by atoms with Crippen LogP contribution in [0.1, 0.15) is 26.1 Å². The number of hydrogen-bond acceptors (Lipinski definition) is 5. The van der Waals surface area contributed by atoms with E-state index in [1.54, 1.807) is 0 Å². The molecule has 0 bridgehead atoms. The number of anilines is 2. The zero-order valence-electron chi connectivity index (χ0n) is 11.6. The molecular formula is C13H21N5. The Labute approximate surface area is 109 Å². The van der Waals surface area contributed by atoms with Crippen molar-refractivity contribution >= 4 is 11.6 Å². The van der Waals surface area contributed by atoms with E-state index < -0.39 is 0 Å². The minimum absolute atomic E-state index is 0.321. The van der Waals surface area contributed by atoms with Crippen molar-refractivity contribution in [1.29, 1.82) is 5.26 Å². The van der Waals surface area contributed by atoms with Crippen LogP contribution in [-0.4, -0.2) is 30.1 Å². The van der Waals surface area contributed by atoms with Crippen LogP contribution in [0.3, 0.4) is 0 Å². The summed E-state index contributed by atoms with van der Waals surface area (Å²) in [5.41, 5.74) is 0. The first-order chi connectivity index (χ1) is 8.52. The molecule has 1 rings (SSSR count). The molecule has 0 saturated heterocycles. The Kier molecular flexibility index (Phi) is 5.37. The van der Waals surface area contributed by atoms with Gasteiger partial charge in [-0.2, -0.15) is 5.26 Å². The number of rotatable bonds is 6. The third-order valence-corrected chi connectivity index (χ3v) is 2.55. The standard InChI is InChI=1S/C13H21N5/c1-10(2)5-7-15-12-9-13(17-11(3)16-12)18(4)8-6-14/h9-10H,5,7-8H2,1-4H3,(H,15,16,17). The molecular weight excluding hydrogens is 226 g/mol. The Morgan fingerprint density at radius 2 is 2.17 bits per heavy atom. The van der Waals surface area contributed by atoms with Crippen LogP contribution in [0.5, 0.6) is 0 Å². The van der Waals surface area contributed by atoms with Crippen molar-refractivity contribution < 1.29 is 0 Å². The van der Waals surface area contributed by atoms with Crippen LogP contribution in [0.15, 0.2) is 6.07 Å². The molecule has 0 fully saturated rings. The quantitative estimate of drug-likeness (QED) is 0.781. The van der Waals surface area contributed by atoms with E-state index in [-0.39, 0.29) is 0 Å². The normalized spacial score (nSPS) is 10.2. The first-order valence-corrected chi connectivity index (χ1v) is 6.20. The second-order valence-electron chi connectivity index (χ2n) is 4.78. The molecule has 5 heteroatoms. The fourth-order valence-electron chi connectivity index (χ4n) is 1.51. The van der Waals surface area contributed by atoms with Crippen molar-refractivity contribution in [3.63, 3.8) is 0 Å². The molecule has 0 aromatic carbocycles. The van der Waals surface area contributed by atoms with Crippen molar-refractivity contribution in [1.82, 2.24) is 9.97 Å². The largest absolute Gasteiger partial charge is 0.370 e. The Balaban J connectivity index is 2.72. The molecule has 5 nitrogen and oxygen atoms in total. The lowest BCUT2D eigenvalue weighted by Crippen LogP contribution is -2.19. The number of nitrogens with one attached hydrogen (secondary N) is 1. The summed E-state index contributed by atoms with van der Waals surface area (Å²) in [6.45, 7) is 7.47. The summed E-state index contributed by atoms with van der Waals surface area (Å²) >= 11 is 0. The molecule has 0 aliphatic carbocycles. The highest BCUT2D eigenvalue weighted by Crippen LogP contribution is 2.14. The van der Waals surface area contributed by atoms with Gasteiger partial charge < -0.3 is 10.2 Å². The van der Waals surface area contributed by atoms with E-state index in [0.717, 1.165) is 24.6 Å². The van der Waals surface area contributed by atoms with Gasteiger partial charge in [0.05, 0.1) is 6.07 Å². The minimum atomic E-state index is 0.321. The molecule has 1 aromatic heterocycles. The highest BCUT2D eigenvalue weighted by Gasteiger charge is 2.06. The summed E-state index contributed by atoms with van der Waals surface area (Å²) in [6, 6.07) is 3.99. The maximum Gasteiger partial charge on any atom is 0.134 e. The lowest BCUT2D eigenvalue weighted by molar-refractivity contribution is 0.606. The van der Waals surface area contributed by atoms with Gasteiger partial charge in [-0.3, -0.25) is 0 Å². The van der Waals surface area contributed by atoms with Crippen LogP contribution >= 0.6 is 0 Å². The fraction of sp³-hybridized carbons (Fsp3) is 0.615. The molecule has 0 saturated carbocycles. The van der Waals surface area contributed by atoms with Gasteiger partial charge in [-0.25, -0.2) is 9.97 Å². The third-order valence-electron chi connectivity index (χ3n) is 2.55. The minimum Gasteiger partial charge on any atom is -0.370 e.